The van der Waals surface area contributed by atoms with Gasteiger partial charge in [0.2, 0.25) is 5.76 Å². The lowest BCUT2D eigenvalue weighted by atomic mass is 10.4. The summed E-state index contributed by atoms with van der Waals surface area (Å²) in [6.07, 6.45) is 0. The highest BCUT2D eigenvalue weighted by Crippen LogP contribution is 2.25. The SMILES string of the molecule is O=C(O)c1ccc(CS(=O)(=O)c2ccccc2Br)o1. The van der Waals surface area contributed by atoms with Crippen molar-refractivity contribution in [2.45, 2.75) is 10.6 Å². The number of carbonyl (C=O) groups is 1. The Kier molecular flexibility index (Phi) is 3.77. The Labute approximate surface area is 117 Å². The van der Waals surface area contributed by atoms with Crippen molar-refractivity contribution < 1.29 is 22.7 Å². The van der Waals surface area contributed by atoms with Crippen molar-refractivity contribution >= 4 is 31.7 Å². The lowest BCUT2D eigenvalue weighted by Crippen LogP contribution is -2.05. The molecular formula is C12H9BrO5S. The minimum Gasteiger partial charge on any atom is -0.475 e. The van der Waals surface area contributed by atoms with Crippen molar-refractivity contribution in [1.29, 1.82) is 0 Å². The number of carboxylic acids is 1. The highest BCUT2D eigenvalue weighted by atomic mass is 79.9. The highest BCUT2D eigenvalue weighted by Gasteiger charge is 2.21. The molecule has 0 saturated heterocycles. The lowest BCUT2D eigenvalue weighted by molar-refractivity contribution is 0.0660. The molecule has 0 radical (unpaired) electrons. The van der Waals surface area contributed by atoms with E-state index in [1.807, 2.05) is 0 Å². The Morgan fingerprint density at radius 2 is 1.89 bits per heavy atom. The van der Waals surface area contributed by atoms with Gasteiger partial charge in [-0.25, -0.2) is 13.2 Å². The summed E-state index contributed by atoms with van der Waals surface area (Å²) in [6, 6.07) is 8.99. The van der Waals surface area contributed by atoms with Crippen LogP contribution in [0, 0.1) is 0 Å². The Balaban J connectivity index is 2.31. The van der Waals surface area contributed by atoms with E-state index in [0.717, 1.165) is 0 Å². The maximum absolute atomic E-state index is 12.2. The van der Waals surface area contributed by atoms with E-state index in [1.54, 1.807) is 18.2 Å². The van der Waals surface area contributed by atoms with Gasteiger partial charge < -0.3 is 9.52 Å². The molecule has 1 N–H and O–H groups in total. The van der Waals surface area contributed by atoms with Crippen molar-refractivity contribution in [3.8, 4) is 0 Å². The second kappa shape index (κ2) is 5.18. The lowest BCUT2D eigenvalue weighted by Gasteiger charge is -2.04. The van der Waals surface area contributed by atoms with Gasteiger partial charge in [0.05, 0.1) is 4.90 Å². The van der Waals surface area contributed by atoms with Crippen molar-refractivity contribution in [2.24, 2.45) is 0 Å². The molecule has 19 heavy (non-hydrogen) atoms. The first-order valence-corrected chi connectivity index (χ1v) is 7.64. The van der Waals surface area contributed by atoms with E-state index in [-0.39, 0.29) is 22.2 Å². The van der Waals surface area contributed by atoms with E-state index in [9.17, 15) is 13.2 Å². The van der Waals surface area contributed by atoms with Crippen molar-refractivity contribution in [2.75, 3.05) is 0 Å². The summed E-state index contributed by atoms with van der Waals surface area (Å²) in [4.78, 5) is 10.8. The topological polar surface area (TPSA) is 84.6 Å². The second-order valence-electron chi connectivity index (χ2n) is 3.76. The second-order valence-corrected chi connectivity index (χ2v) is 6.57. The van der Waals surface area contributed by atoms with E-state index in [2.05, 4.69) is 15.9 Å². The summed E-state index contributed by atoms with van der Waals surface area (Å²) in [5, 5.41) is 8.71. The van der Waals surface area contributed by atoms with E-state index in [1.165, 1.54) is 18.2 Å². The molecule has 2 rings (SSSR count). The van der Waals surface area contributed by atoms with E-state index in [4.69, 9.17) is 9.52 Å². The number of halogens is 1. The number of benzene rings is 1. The van der Waals surface area contributed by atoms with Gasteiger partial charge in [0, 0.05) is 4.47 Å². The molecule has 0 aliphatic rings. The Bertz CT molecular complexity index is 717. The van der Waals surface area contributed by atoms with Gasteiger partial charge in [-0.15, -0.1) is 0 Å². The molecule has 1 aromatic heterocycles. The van der Waals surface area contributed by atoms with Crippen molar-refractivity contribution in [1.82, 2.24) is 0 Å². The summed E-state index contributed by atoms with van der Waals surface area (Å²) < 4.78 is 29.7. The Morgan fingerprint density at radius 3 is 2.47 bits per heavy atom. The fraction of sp³-hybridized carbons (Fsp3) is 0.0833. The van der Waals surface area contributed by atoms with Crippen LogP contribution in [0.3, 0.4) is 0 Å². The molecule has 1 aromatic carbocycles. The molecule has 0 spiro atoms. The standard InChI is InChI=1S/C12H9BrO5S/c13-9-3-1-2-4-11(9)19(16,17)7-8-5-6-10(18-8)12(14)15/h1-6H,7H2,(H,14,15). The normalized spacial score (nSPS) is 11.4. The van der Waals surface area contributed by atoms with Crippen molar-refractivity contribution in [3.05, 3.63) is 52.4 Å². The van der Waals surface area contributed by atoms with Gasteiger partial charge in [0.25, 0.3) is 0 Å². The number of carboxylic acid groups (broad SMARTS) is 1. The first-order valence-electron chi connectivity index (χ1n) is 5.19. The third-order valence-corrected chi connectivity index (χ3v) is 5.02. The summed E-state index contributed by atoms with van der Waals surface area (Å²) in [5.74, 6) is -1.81. The van der Waals surface area contributed by atoms with Crippen LogP contribution < -0.4 is 0 Å². The quantitative estimate of drug-likeness (QED) is 0.921. The van der Waals surface area contributed by atoms with E-state index >= 15 is 0 Å². The molecule has 7 heteroatoms. The first-order chi connectivity index (χ1) is 8.90. The maximum atomic E-state index is 12.2. The maximum Gasteiger partial charge on any atom is 0.371 e. The zero-order chi connectivity index (χ0) is 14.0. The summed E-state index contributed by atoms with van der Waals surface area (Å²) in [5.41, 5.74) is 0. The molecule has 0 aliphatic carbocycles. The van der Waals surface area contributed by atoms with Crippen LogP contribution in [0.4, 0.5) is 0 Å². The minimum absolute atomic E-state index is 0.0909. The third kappa shape index (κ3) is 3.05. The molecule has 0 amide bonds. The molecule has 0 bridgehead atoms. The summed E-state index contributed by atoms with van der Waals surface area (Å²) in [6.45, 7) is 0. The zero-order valence-corrected chi connectivity index (χ0v) is 11.9. The van der Waals surface area contributed by atoms with Crippen LogP contribution in [0.2, 0.25) is 0 Å². The van der Waals surface area contributed by atoms with Crippen LogP contribution in [-0.4, -0.2) is 19.5 Å². The smallest absolute Gasteiger partial charge is 0.371 e. The van der Waals surface area contributed by atoms with Gasteiger partial charge >= 0.3 is 5.97 Å². The average molecular weight is 345 g/mol. The summed E-state index contributed by atoms with van der Waals surface area (Å²) >= 11 is 3.17. The van der Waals surface area contributed by atoms with Gasteiger partial charge in [0.1, 0.15) is 11.5 Å². The predicted octanol–water partition coefficient (Wildman–Crippen LogP) is 2.71. The van der Waals surface area contributed by atoms with Crippen LogP contribution in [0.15, 0.2) is 50.2 Å². The average Bonchev–Trinajstić information content (AvgIpc) is 2.77. The van der Waals surface area contributed by atoms with Crippen LogP contribution in [0.1, 0.15) is 16.3 Å². The molecular weight excluding hydrogens is 336 g/mol. The predicted molar refractivity (Wildman–Crippen MR) is 70.7 cm³/mol. The molecule has 0 aliphatic heterocycles. The number of rotatable bonds is 4. The highest BCUT2D eigenvalue weighted by molar-refractivity contribution is 9.10. The Morgan fingerprint density at radius 1 is 1.21 bits per heavy atom. The monoisotopic (exact) mass is 344 g/mol. The van der Waals surface area contributed by atoms with Gasteiger partial charge in [-0.05, 0) is 40.2 Å². The molecule has 0 fully saturated rings. The zero-order valence-electron chi connectivity index (χ0n) is 9.54. The van der Waals surface area contributed by atoms with Gasteiger partial charge in [-0.1, -0.05) is 12.1 Å². The number of aromatic carboxylic acids is 1. The third-order valence-electron chi connectivity index (χ3n) is 2.38. The van der Waals surface area contributed by atoms with Gasteiger partial charge in [-0.3, -0.25) is 0 Å². The molecule has 2 aromatic rings. The molecule has 0 unspecified atom stereocenters. The number of hydrogen-bond donors (Lipinski definition) is 1. The van der Waals surface area contributed by atoms with Crippen LogP contribution >= 0.6 is 15.9 Å². The summed E-state index contributed by atoms with van der Waals surface area (Å²) in [7, 11) is -3.59. The fourth-order valence-electron chi connectivity index (χ4n) is 1.53. The first kappa shape index (κ1) is 13.8. The van der Waals surface area contributed by atoms with Gasteiger partial charge in [0.15, 0.2) is 9.84 Å². The van der Waals surface area contributed by atoms with Crippen LogP contribution in [0.25, 0.3) is 0 Å². The molecule has 5 nitrogen and oxygen atoms in total. The van der Waals surface area contributed by atoms with Gasteiger partial charge in [-0.2, -0.15) is 0 Å². The van der Waals surface area contributed by atoms with E-state index in [0.29, 0.717) is 4.47 Å². The molecule has 0 saturated carbocycles. The van der Waals surface area contributed by atoms with E-state index < -0.39 is 15.8 Å². The van der Waals surface area contributed by atoms with Crippen LogP contribution in [-0.2, 0) is 15.6 Å². The molecule has 0 atom stereocenters. The molecule has 1 heterocycles. The number of furan rings is 1. The molecule has 100 valence electrons. The number of sulfone groups is 1. The van der Waals surface area contributed by atoms with Crippen molar-refractivity contribution in [3.63, 3.8) is 0 Å². The van der Waals surface area contributed by atoms with Crippen LogP contribution in [0.5, 0.6) is 0 Å². The number of hydrogen-bond acceptors (Lipinski definition) is 4. The minimum atomic E-state index is -3.59. The fourth-order valence-corrected chi connectivity index (χ4v) is 3.89. The Hall–Kier alpha value is -1.60. The largest absolute Gasteiger partial charge is 0.475 e.